The number of benzene rings is 1. The molecule has 1 aromatic carbocycles. The molecule has 2 N–H and O–H groups in total. The number of nitrogens with zero attached hydrogens (tertiary/aromatic N) is 3. The third-order valence-corrected chi connectivity index (χ3v) is 6.22. The first-order valence-corrected chi connectivity index (χ1v) is 11.2. The highest BCUT2D eigenvalue weighted by Gasteiger charge is 2.29. The number of alkyl halides is 3. The first-order valence-electron chi connectivity index (χ1n) is 10.4. The van der Waals surface area contributed by atoms with E-state index < -0.39 is 11.2 Å². The molecule has 3 aromatic rings. The molecule has 0 unspecified atom stereocenters. The molecule has 0 spiro atoms. The molecule has 0 radical (unpaired) electrons. The van der Waals surface area contributed by atoms with Gasteiger partial charge in [0.1, 0.15) is 0 Å². The van der Waals surface area contributed by atoms with Crippen LogP contribution in [-0.4, -0.2) is 30.8 Å². The molecule has 10 heteroatoms. The van der Waals surface area contributed by atoms with Crippen LogP contribution in [0.5, 0.6) is 5.88 Å². The van der Waals surface area contributed by atoms with E-state index in [1.165, 1.54) is 54.3 Å². The van der Waals surface area contributed by atoms with E-state index in [1.807, 2.05) is 6.07 Å². The number of aromatic nitrogens is 3. The van der Waals surface area contributed by atoms with Crippen LogP contribution in [0, 0.1) is 0 Å². The molecule has 2 heterocycles. The molecular formula is C22H23F3N4O2S. The molecule has 170 valence electrons. The number of imidazole rings is 1. The fraction of sp³-hybridized carbons (Fsp3) is 0.364. The molecule has 0 aliphatic heterocycles. The van der Waals surface area contributed by atoms with E-state index in [1.54, 1.807) is 12.4 Å². The highest BCUT2D eigenvalue weighted by atomic mass is 32.2. The SMILES string of the molecule is O=c1n(Cc2ccncc2NC2CCCCC2)cc(O)n1-c1ccc(SC(F)(F)F)cc1. The number of aromatic hydroxyl groups is 1. The van der Waals surface area contributed by atoms with Crippen LogP contribution in [0.15, 0.2) is 58.6 Å². The van der Waals surface area contributed by atoms with Crippen molar-refractivity contribution in [1.29, 1.82) is 0 Å². The van der Waals surface area contributed by atoms with E-state index in [9.17, 15) is 23.1 Å². The van der Waals surface area contributed by atoms with Crippen LogP contribution in [0.3, 0.4) is 0 Å². The lowest BCUT2D eigenvalue weighted by Gasteiger charge is -2.25. The standard InChI is InChI=1S/C22H23F3N4O2S/c23-22(24,25)32-18-8-6-17(7-9-18)29-20(30)14-28(21(29)31)13-15-10-11-26-12-19(15)27-16-4-2-1-3-5-16/h6-12,14,16,27,30H,1-5,13H2. The lowest BCUT2D eigenvalue weighted by molar-refractivity contribution is -0.0328. The van der Waals surface area contributed by atoms with Crippen molar-refractivity contribution < 1.29 is 18.3 Å². The zero-order valence-corrected chi connectivity index (χ0v) is 18.0. The van der Waals surface area contributed by atoms with E-state index in [2.05, 4.69) is 10.3 Å². The third kappa shape index (κ3) is 5.29. The Hall–Kier alpha value is -2.88. The van der Waals surface area contributed by atoms with Gasteiger partial charge in [0.05, 0.1) is 30.3 Å². The molecule has 1 aliphatic rings. The minimum Gasteiger partial charge on any atom is -0.493 e. The van der Waals surface area contributed by atoms with Crippen LogP contribution in [0.25, 0.3) is 5.69 Å². The monoisotopic (exact) mass is 464 g/mol. The zero-order chi connectivity index (χ0) is 22.7. The van der Waals surface area contributed by atoms with Crippen LogP contribution in [0.1, 0.15) is 37.7 Å². The molecule has 6 nitrogen and oxygen atoms in total. The third-order valence-electron chi connectivity index (χ3n) is 5.48. The van der Waals surface area contributed by atoms with Gasteiger partial charge in [-0.2, -0.15) is 13.2 Å². The quantitative estimate of drug-likeness (QED) is 0.494. The molecule has 32 heavy (non-hydrogen) atoms. The number of rotatable bonds is 6. The predicted molar refractivity (Wildman–Crippen MR) is 117 cm³/mol. The van der Waals surface area contributed by atoms with Crippen molar-refractivity contribution in [3.63, 3.8) is 0 Å². The van der Waals surface area contributed by atoms with Gasteiger partial charge in [-0.1, -0.05) is 19.3 Å². The Morgan fingerprint density at radius 3 is 2.53 bits per heavy atom. The summed E-state index contributed by atoms with van der Waals surface area (Å²) in [6.45, 7) is 0.221. The van der Waals surface area contributed by atoms with Gasteiger partial charge in [-0.05, 0) is 60.5 Å². The van der Waals surface area contributed by atoms with Crippen molar-refractivity contribution in [2.45, 2.75) is 55.1 Å². The van der Waals surface area contributed by atoms with Crippen molar-refractivity contribution in [2.75, 3.05) is 5.32 Å². The Morgan fingerprint density at radius 1 is 1.12 bits per heavy atom. The zero-order valence-electron chi connectivity index (χ0n) is 17.2. The average Bonchev–Trinajstić information content (AvgIpc) is 3.03. The maximum absolute atomic E-state index is 13.0. The second kappa shape index (κ2) is 9.32. The van der Waals surface area contributed by atoms with Gasteiger partial charge in [-0.15, -0.1) is 0 Å². The minimum absolute atomic E-state index is 0.00318. The summed E-state index contributed by atoms with van der Waals surface area (Å²) in [6.07, 6.45) is 10.5. The molecule has 4 rings (SSSR count). The summed E-state index contributed by atoms with van der Waals surface area (Å²) in [4.78, 5) is 17.1. The summed E-state index contributed by atoms with van der Waals surface area (Å²) in [6, 6.07) is 7.49. The second-order valence-electron chi connectivity index (χ2n) is 7.79. The van der Waals surface area contributed by atoms with Crippen molar-refractivity contribution in [2.24, 2.45) is 0 Å². The molecule has 0 saturated heterocycles. The molecule has 1 saturated carbocycles. The summed E-state index contributed by atoms with van der Waals surface area (Å²) in [7, 11) is 0. The number of nitrogens with one attached hydrogen (secondary N) is 1. The molecule has 0 bridgehead atoms. The Morgan fingerprint density at radius 2 is 1.84 bits per heavy atom. The predicted octanol–water partition coefficient (Wildman–Crippen LogP) is 5.14. The van der Waals surface area contributed by atoms with Gasteiger partial charge in [0, 0.05) is 17.1 Å². The fourth-order valence-corrected chi connectivity index (χ4v) is 4.51. The number of pyridine rings is 1. The van der Waals surface area contributed by atoms with Crippen molar-refractivity contribution in [1.82, 2.24) is 14.1 Å². The Bertz CT molecular complexity index is 1120. The summed E-state index contributed by atoms with van der Waals surface area (Å²) < 4.78 is 40.1. The van der Waals surface area contributed by atoms with Gasteiger partial charge in [-0.25, -0.2) is 9.36 Å². The van der Waals surface area contributed by atoms with Crippen molar-refractivity contribution >= 4 is 17.4 Å². The lowest BCUT2D eigenvalue weighted by Crippen LogP contribution is -2.25. The topological polar surface area (TPSA) is 72.1 Å². The minimum atomic E-state index is -4.39. The van der Waals surface area contributed by atoms with Gasteiger partial charge < -0.3 is 10.4 Å². The summed E-state index contributed by atoms with van der Waals surface area (Å²) >= 11 is -0.232. The van der Waals surface area contributed by atoms with Crippen LogP contribution in [0.4, 0.5) is 18.9 Å². The van der Waals surface area contributed by atoms with Crippen LogP contribution < -0.4 is 11.0 Å². The van der Waals surface area contributed by atoms with E-state index in [4.69, 9.17) is 0 Å². The molecule has 2 aromatic heterocycles. The molecular weight excluding hydrogens is 441 g/mol. The van der Waals surface area contributed by atoms with Gasteiger partial charge in [0.25, 0.3) is 0 Å². The first kappa shape index (κ1) is 22.3. The Kier molecular flexibility index (Phi) is 6.50. The van der Waals surface area contributed by atoms with Gasteiger partial charge >= 0.3 is 11.2 Å². The van der Waals surface area contributed by atoms with E-state index in [0.29, 0.717) is 6.04 Å². The van der Waals surface area contributed by atoms with Crippen LogP contribution >= 0.6 is 11.8 Å². The fourth-order valence-electron chi connectivity index (χ4n) is 3.97. The van der Waals surface area contributed by atoms with Crippen molar-refractivity contribution in [3.8, 4) is 11.6 Å². The maximum Gasteiger partial charge on any atom is 0.446 e. The number of hydrogen-bond acceptors (Lipinski definition) is 5. The summed E-state index contributed by atoms with van der Waals surface area (Å²) in [5.41, 5.74) is -2.88. The first-order chi connectivity index (χ1) is 15.3. The Labute approximate surface area is 187 Å². The smallest absolute Gasteiger partial charge is 0.446 e. The average molecular weight is 465 g/mol. The number of thioether (sulfide) groups is 1. The highest BCUT2D eigenvalue weighted by Crippen LogP contribution is 2.37. The second-order valence-corrected chi connectivity index (χ2v) is 8.93. The number of anilines is 1. The van der Waals surface area contributed by atoms with Gasteiger partial charge in [0.15, 0.2) is 0 Å². The normalized spacial score (nSPS) is 15.1. The van der Waals surface area contributed by atoms with E-state index in [0.717, 1.165) is 28.7 Å². The van der Waals surface area contributed by atoms with Gasteiger partial charge in [0.2, 0.25) is 5.88 Å². The van der Waals surface area contributed by atoms with Crippen molar-refractivity contribution in [3.05, 3.63) is 65.0 Å². The highest BCUT2D eigenvalue weighted by molar-refractivity contribution is 8.00. The maximum atomic E-state index is 13.0. The van der Waals surface area contributed by atoms with Gasteiger partial charge in [-0.3, -0.25) is 9.55 Å². The van der Waals surface area contributed by atoms with Crippen LogP contribution in [0.2, 0.25) is 0 Å². The van der Waals surface area contributed by atoms with Crippen LogP contribution in [-0.2, 0) is 6.54 Å². The Balaban J connectivity index is 1.56. The summed E-state index contributed by atoms with van der Waals surface area (Å²) in [5.74, 6) is -0.290. The molecule has 0 amide bonds. The number of hydrogen-bond donors (Lipinski definition) is 2. The number of halogens is 3. The molecule has 1 fully saturated rings. The van der Waals surface area contributed by atoms with E-state index >= 15 is 0 Å². The summed E-state index contributed by atoms with van der Waals surface area (Å²) in [5, 5.41) is 13.9. The lowest BCUT2D eigenvalue weighted by atomic mass is 9.95. The molecule has 0 atom stereocenters. The molecule has 1 aliphatic carbocycles. The largest absolute Gasteiger partial charge is 0.493 e. The van der Waals surface area contributed by atoms with E-state index in [-0.39, 0.29) is 34.8 Å².